The molecule has 1 amide bonds. The van der Waals surface area contributed by atoms with E-state index in [1.165, 1.54) is 27.1 Å². The number of aryl methyl sites for hydroxylation is 1. The van der Waals surface area contributed by atoms with Crippen molar-refractivity contribution in [1.29, 1.82) is 5.26 Å². The fourth-order valence-electron chi connectivity index (χ4n) is 4.24. The predicted molar refractivity (Wildman–Crippen MR) is 133 cm³/mol. The summed E-state index contributed by atoms with van der Waals surface area (Å²) in [4.78, 5) is 15.3. The van der Waals surface area contributed by atoms with Crippen LogP contribution in [0.1, 0.15) is 53.6 Å². The van der Waals surface area contributed by atoms with Gasteiger partial charge in [-0.15, -0.1) is 32.9 Å². The Kier molecular flexibility index (Phi) is 7.03. The summed E-state index contributed by atoms with van der Waals surface area (Å²) in [6.07, 6.45) is 3.96. The normalized spacial score (nSPS) is 15.4. The molecule has 0 fully saturated rings. The topological polar surface area (TPSA) is 83.6 Å². The molecule has 0 saturated carbocycles. The summed E-state index contributed by atoms with van der Waals surface area (Å²) in [5, 5.41) is 25.0. The molecule has 1 aliphatic carbocycles. The molecule has 3 heterocycles. The van der Waals surface area contributed by atoms with Crippen LogP contribution in [0.5, 0.6) is 0 Å². The molecule has 1 unspecified atom stereocenters. The third kappa shape index (κ3) is 4.36. The first kappa shape index (κ1) is 23.0. The Balaban J connectivity index is 1.48. The van der Waals surface area contributed by atoms with E-state index in [9.17, 15) is 10.1 Å². The van der Waals surface area contributed by atoms with Crippen molar-refractivity contribution in [3.8, 4) is 17.5 Å². The van der Waals surface area contributed by atoms with E-state index in [4.69, 9.17) is 0 Å². The van der Waals surface area contributed by atoms with E-state index in [1.54, 1.807) is 22.7 Å². The number of carbonyl (C=O) groups excluding carboxylic acids is 1. The molecule has 32 heavy (non-hydrogen) atoms. The van der Waals surface area contributed by atoms with Crippen LogP contribution >= 0.6 is 34.4 Å². The highest BCUT2D eigenvalue weighted by molar-refractivity contribution is 7.99. The lowest BCUT2D eigenvalue weighted by atomic mass is 9.89. The maximum Gasteiger partial charge on any atom is 0.235 e. The van der Waals surface area contributed by atoms with Crippen LogP contribution in [0.4, 0.5) is 5.00 Å². The minimum absolute atomic E-state index is 0.119. The minimum atomic E-state index is -0.119. The highest BCUT2D eigenvalue weighted by Crippen LogP contribution is 2.39. The highest BCUT2D eigenvalue weighted by atomic mass is 32.2. The molecule has 0 bridgehead atoms. The molecular formula is C23H27N5OS3. The van der Waals surface area contributed by atoms with Crippen molar-refractivity contribution in [2.24, 2.45) is 5.92 Å². The fraction of sp³-hybridized carbons (Fsp3) is 0.478. The molecule has 0 saturated heterocycles. The Labute approximate surface area is 201 Å². The molecule has 1 aliphatic rings. The first-order valence-corrected chi connectivity index (χ1v) is 13.6. The van der Waals surface area contributed by atoms with E-state index in [-0.39, 0.29) is 11.7 Å². The minimum Gasteiger partial charge on any atom is -0.316 e. The third-order valence-electron chi connectivity index (χ3n) is 5.94. The number of hydrogen-bond donors (Lipinski definition) is 1. The predicted octanol–water partition coefficient (Wildman–Crippen LogP) is 5.69. The lowest BCUT2D eigenvalue weighted by molar-refractivity contribution is -0.113. The number of nitrogens with one attached hydrogen (secondary N) is 1. The van der Waals surface area contributed by atoms with Gasteiger partial charge in [-0.25, -0.2) is 0 Å². The first-order valence-electron chi connectivity index (χ1n) is 10.9. The zero-order valence-electron chi connectivity index (χ0n) is 18.8. The zero-order chi connectivity index (χ0) is 22.8. The van der Waals surface area contributed by atoms with Crippen LogP contribution in [0.3, 0.4) is 0 Å². The van der Waals surface area contributed by atoms with Gasteiger partial charge in [0.2, 0.25) is 5.91 Å². The Bertz CT molecular complexity index is 1180. The van der Waals surface area contributed by atoms with Crippen molar-refractivity contribution in [3.63, 3.8) is 0 Å². The van der Waals surface area contributed by atoms with Crippen LogP contribution in [0.2, 0.25) is 0 Å². The molecule has 0 aromatic carbocycles. The van der Waals surface area contributed by atoms with E-state index >= 15 is 0 Å². The van der Waals surface area contributed by atoms with Crippen molar-refractivity contribution in [1.82, 2.24) is 14.8 Å². The van der Waals surface area contributed by atoms with Crippen molar-refractivity contribution in [2.75, 3.05) is 11.1 Å². The van der Waals surface area contributed by atoms with Gasteiger partial charge in [-0.05, 0) is 56.6 Å². The van der Waals surface area contributed by atoms with Crippen molar-refractivity contribution in [2.45, 2.75) is 65.1 Å². The summed E-state index contributed by atoms with van der Waals surface area (Å²) in [7, 11) is 0. The van der Waals surface area contributed by atoms with Crippen molar-refractivity contribution in [3.05, 3.63) is 31.8 Å². The molecule has 3 aromatic heterocycles. The Morgan fingerprint density at radius 3 is 2.94 bits per heavy atom. The molecule has 1 N–H and O–H groups in total. The van der Waals surface area contributed by atoms with Crippen LogP contribution in [0, 0.1) is 24.2 Å². The standard InChI is InChI=1S/C23H27N5OS3/c1-5-15-14(4)30-11-18(15)21-26-27-23(28(21)6-2)31-12-20(29)25-22-17(10-24)16-8-7-13(3)9-19(16)32-22/h11,13H,5-9,12H2,1-4H3,(H,25,29). The van der Waals surface area contributed by atoms with Gasteiger partial charge in [-0.1, -0.05) is 25.6 Å². The van der Waals surface area contributed by atoms with Gasteiger partial charge >= 0.3 is 0 Å². The summed E-state index contributed by atoms with van der Waals surface area (Å²) >= 11 is 4.68. The second-order valence-electron chi connectivity index (χ2n) is 8.09. The number of carbonyl (C=O) groups is 1. The average molecular weight is 486 g/mol. The zero-order valence-corrected chi connectivity index (χ0v) is 21.3. The maximum absolute atomic E-state index is 12.7. The van der Waals surface area contributed by atoms with Crippen LogP contribution in [-0.2, 0) is 30.6 Å². The summed E-state index contributed by atoms with van der Waals surface area (Å²) in [5.41, 5.74) is 4.23. The number of nitriles is 1. The number of thiophene rings is 2. The highest BCUT2D eigenvalue weighted by Gasteiger charge is 2.25. The summed E-state index contributed by atoms with van der Waals surface area (Å²) in [6.45, 7) is 9.33. The molecular weight excluding hydrogens is 458 g/mol. The van der Waals surface area contributed by atoms with E-state index in [2.05, 4.69) is 59.2 Å². The van der Waals surface area contributed by atoms with Gasteiger partial charge < -0.3 is 9.88 Å². The molecule has 0 aliphatic heterocycles. The van der Waals surface area contributed by atoms with Crippen molar-refractivity contribution >= 4 is 45.3 Å². The number of amides is 1. The lowest BCUT2D eigenvalue weighted by Crippen LogP contribution is -2.14. The van der Waals surface area contributed by atoms with E-state index in [0.717, 1.165) is 54.3 Å². The molecule has 4 rings (SSSR count). The Hall–Kier alpha value is -2.15. The molecule has 0 radical (unpaired) electrons. The lowest BCUT2D eigenvalue weighted by Gasteiger charge is -2.17. The van der Waals surface area contributed by atoms with Crippen LogP contribution in [0.15, 0.2) is 10.5 Å². The second-order valence-corrected chi connectivity index (χ2v) is 11.2. The average Bonchev–Trinajstić information content (AvgIpc) is 3.45. The van der Waals surface area contributed by atoms with E-state index in [0.29, 0.717) is 16.5 Å². The van der Waals surface area contributed by atoms with Crippen molar-refractivity contribution < 1.29 is 4.79 Å². The van der Waals surface area contributed by atoms with Crippen LogP contribution < -0.4 is 5.32 Å². The molecule has 9 heteroatoms. The molecule has 0 spiro atoms. The number of thioether (sulfide) groups is 1. The molecule has 6 nitrogen and oxygen atoms in total. The maximum atomic E-state index is 12.7. The number of fused-ring (bicyclic) bond motifs is 1. The Morgan fingerprint density at radius 1 is 1.41 bits per heavy atom. The number of nitrogens with zero attached hydrogens (tertiary/aromatic N) is 4. The third-order valence-corrected chi connectivity index (χ3v) is 9.03. The number of rotatable bonds is 7. The van der Waals surface area contributed by atoms with Gasteiger partial charge in [-0.2, -0.15) is 5.26 Å². The van der Waals surface area contributed by atoms with Gasteiger partial charge in [0.1, 0.15) is 11.1 Å². The summed E-state index contributed by atoms with van der Waals surface area (Å²) in [5.74, 6) is 1.60. The quantitative estimate of drug-likeness (QED) is 0.435. The summed E-state index contributed by atoms with van der Waals surface area (Å²) < 4.78 is 2.07. The monoisotopic (exact) mass is 485 g/mol. The Morgan fingerprint density at radius 2 is 2.22 bits per heavy atom. The summed E-state index contributed by atoms with van der Waals surface area (Å²) in [6, 6.07) is 2.31. The smallest absolute Gasteiger partial charge is 0.235 e. The second kappa shape index (κ2) is 9.77. The van der Waals surface area contributed by atoms with Gasteiger partial charge in [0.25, 0.3) is 0 Å². The fourth-order valence-corrected chi connectivity index (χ4v) is 7.35. The number of hydrogen-bond acceptors (Lipinski definition) is 7. The van der Waals surface area contributed by atoms with Gasteiger partial charge in [-0.3, -0.25) is 4.79 Å². The molecule has 1 atom stereocenters. The van der Waals surface area contributed by atoms with Gasteiger partial charge in [0.05, 0.1) is 11.3 Å². The SMILES string of the molecule is CCc1c(-c2nnc(SCC(=O)Nc3sc4c(c3C#N)CCC(C)C4)n2CC)csc1C. The molecule has 3 aromatic rings. The van der Waals surface area contributed by atoms with Crippen LogP contribution in [-0.4, -0.2) is 26.4 Å². The van der Waals surface area contributed by atoms with E-state index < -0.39 is 0 Å². The van der Waals surface area contributed by atoms with Gasteiger partial charge in [0.15, 0.2) is 11.0 Å². The first-order chi connectivity index (χ1) is 15.5. The largest absolute Gasteiger partial charge is 0.316 e. The van der Waals surface area contributed by atoms with E-state index in [1.807, 2.05) is 0 Å². The molecule has 168 valence electrons. The van der Waals surface area contributed by atoms with Crippen LogP contribution in [0.25, 0.3) is 11.4 Å². The van der Waals surface area contributed by atoms with Gasteiger partial charge in [0, 0.05) is 27.2 Å². The number of anilines is 1. The number of aromatic nitrogens is 3.